The highest BCUT2D eigenvalue weighted by Crippen LogP contribution is 2.11. The number of β-amino-alcohol motifs (C(OH)–C–C–N with tert-alkyl or cyclic N) is 1. The Hall–Kier alpha value is -2.33. The SMILES string of the molecule is CC(C)OCC(O)CN1CCN(Cc2nc(C(=O)NCc3ccccc3F)co2)CC1. The first kappa shape index (κ1) is 23.3. The Morgan fingerprint density at radius 3 is 2.68 bits per heavy atom. The molecular weight excluding hydrogens is 403 g/mol. The first-order chi connectivity index (χ1) is 14.9. The highest BCUT2D eigenvalue weighted by Gasteiger charge is 2.21. The number of halogens is 1. The van der Waals surface area contributed by atoms with E-state index in [1.54, 1.807) is 18.2 Å². The van der Waals surface area contributed by atoms with Gasteiger partial charge in [-0.2, -0.15) is 0 Å². The van der Waals surface area contributed by atoms with E-state index in [2.05, 4.69) is 20.1 Å². The number of amides is 1. The summed E-state index contributed by atoms with van der Waals surface area (Å²) in [7, 11) is 0. The minimum Gasteiger partial charge on any atom is -0.447 e. The van der Waals surface area contributed by atoms with Crippen molar-refractivity contribution in [2.24, 2.45) is 0 Å². The van der Waals surface area contributed by atoms with Crippen molar-refractivity contribution in [3.63, 3.8) is 0 Å². The topological polar surface area (TPSA) is 91.1 Å². The van der Waals surface area contributed by atoms with Crippen LogP contribution in [-0.4, -0.2) is 77.3 Å². The van der Waals surface area contributed by atoms with Gasteiger partial charge in [-0.05, 0) is 19.9 Å². The number of aromatic nitrogens is 1. The molecule has 2 heterocycles. The average molecular weight is 435 g/mol. The molecule has 0 aliphatic carbocycles. The molecule has 0 radical (unpaired) electrons. The average Bonchev–Trinajstić information content (AvgIpc) is 3.21. The molecule has 31 heavy (non-hydrogen) atoms. The first-order valence-corrected chi connectivity index (χ1v) is 10.6. The number of nitrogens with one attached hydrogen (secondary N) is 1. The van der Waals surface area contributed by atoms with Crippen molar-refractivity contribution in [1.29, 1.82) is 0 Å². The molecule has 0 bridgehead atoms. The van der Waals surface area contributed by atoms with Gasteiger partial charge in [0.2, 0.25) is 5.89 Å². The third-order valence-electron chi connectivity index (χ3n) is 5.10. The van der Waals surface area contributed by atoms with Crippen LogP contribution >= 0.6 is 0 Å². The van der Waals surface area contributed by atoms with Crippen molar-refractivity contribution in [1.82, 2.24) is 20.1 Å². The molecular formula is C22H31FN4O4. The van der Waals surface area contributed by atoms with Gasteiger partial charge < -0.3 is 19.6 Å². The summed E-state index contributed by atoms with van der Waals surface area (Å²) in [6.07, 6.45) is 0.942. The largest absolute Gasteiger partial charge is 0.447 e. The summed E-state index contributed by atoms with van der Waals surface area (Å²) in [5.41, 5.74) is 0.594. The quantitative estimate of drug-likeness (QED) is 0.588. The number of hydrogen-bond donors (Lipinski definition) is 2. The van der Waals surface area contributed by atoms with Crippen molar-refractivity contribution < 1.29 is 23.4 Å². The second-order valence-corrected chi connectivity index (χ2v) is 8.01. The standard InChI is InChI=1S/C22H31FN4O4/c1-16(2)30-14-18(28)12-26-7-9-27(10-8-26)13-21-25-20(15-31-21)22(29)24-11-17-5-3-4-6-19(17)23/h3-6,15-16,18,28H,7-14H2,1-2H3,(H,24,29). The van der Waals surface area contributed by atoms with Crippen molar-refractivity contribution in [2.45, 2.75) is 39.1 Å². The summed E-state index contributed by atoms with van der Waals surface area (Å²) in [6, 6.07) is 6.31. The summed E-state index contributed by atoms with van der Waals surface area (Å²) in [5.74, 6) is -0.293. The molecule has 2 aromatic rings. The van der Waals surface area contributed by atoms with Gasteiger partial charge in [0, 0.05) is 44.8 Å². The summed E-state index contributed by atoms with van der Waals surface area (Å²) >= 11 is 0. The summed E-state index contributed by atoms with van der Waals surface area (Å²) in [6.45, 7) is 8.71. The number of aliphatic hydroxyl groups excluding tert-OH is 1. The Morgan fingerprint density at radius 1 is 1.26 bits per heavy atom. The summed E-state index contributed by atoms with van der Waals surface area (Å²) in [5, 5.41) is 12.7. The zero-order valence-electron chi connectivity index (χ0n) is 18.1. The zero-order valence-corrected chi connectivity index (χ0v) is 18.1. The van der Waals surface area contributed by atoms with E-state index in [9.17, 15) is 14.3 Å². The number of ether oxygens (including phenoxy) is 1. The monoisotopic (exact) mass is 434 g/mol. The molecule has 1 aromatic heterocycles. The summed E-state index contributed by atoms with van der Waals surface area (Å²) in [4.78, 5) is 20.9. The number of carbonyl (C=O) groups is 1. The maximum absolute atomic E-state index is 13.7. The number of benzene rings is 1. The van der Waals surface area contributed by atoms with Gasteiger partial charge >= 0.3 is 0 Å². The van der Waals surface area contributed by atoms with Gasteiger partial charge in [-0.3, -0.25) is 14.6 Å². The van der Waals surface area contributed by atoms with Crippen LogP contribution in [0.3, 0.4) is 0 Å². The maximum atomic E-state index is 13.7. The van der Waals surface area contributed by atoms with Crippen molar-refractivity contribution >= 4 is 5.91 Å². The van der Waals surface area contributed by atoms with Crippen LogP contribution < -0.4 is 5.32 Å². The lowest BCUT2D eigenvalue weighted by atomic mass is 10.2. The van der Waals surface area contributed by atoms with Crippen LogP contribution in [0, 0.1) is 5.82 Å². The molecule has 1 unspecified atom stereocenters. The number of nitrogens with zero attached hydrogens (tertiary/aromatic N) is 3. The van der Waals surface area contributed by atoms with Crippen LogP contribution in [0.15, 0.2) is 34.9 Å². The fourth-order valence-corrected chi connectivity index (χ4v) is 3.37. The molecule has 1 aliphatic heterocycles. The van der Waals surface area contributed by atoms with Crippen molar-refractivity contribution in [3.05, 3.63) is 53.5 Å². The van der Waals surface area contributed by atoms with Crippen molar-refractivity contribution in [3.8, 4) is 0 Å². The molecule has 1 atom stereocenters. The number of carbonyl (C=O) groups excluding carboxylic acids is 1. The van der Waals surface area contributed by atoms with Crippen LogP contribution in [0.5, 0.6) is 0 Å². The summed E-state index contributed by atoms with van der Waals surface area (Å²) < 4.78 is 24.6. The van der Waals surface area contributed by atoms with E-state index in [0.29, 0.717) is 31.2 Å². The molecule has 1 aliphatic rings. The minimum absolute atomic E-state index is 0.0870. The Bertz CT molecular complexity index is 836. The third kappa shape index (κ3) is 7.39. The van der Waals surface area contributed by atoms with Gasteiger partial charge in [0.05, 0.1) is 25.4 Å². The van der Waals surface area contributed by atoms with E-state index in [1.165, 1.54) is 12.3 Å². The fraction of sp³-hybridized carbons (Fsp3) is 0.545. The molecule has 3 rings (SSSR count). The highest BCUT2D eigenvalue weighted by molar-refractivity contribution is 5.91. The van der Waals surface area contributed by atoms with E-state index < -0.39 is 12.0 Å². The maximum Gasteiger partial charge on any atom is 0.273 e. The van der Waals surface area contributed by atoms with Crippen LogP contribution in [-0.2, 0) is 17.8 Å². The highest BCUT2D eigenvalue weighted by atomic mass is 19.1. The Kier molecular flexibility index (Phi) is 8.53. The number of oxazole rings is 1. The molecule has 0 saturated carbocycles. The Balaban J connectivity index is 1.40. The number of aliphatic hydroxyl groups is 1. The molecule has 1 amide bonds. The number of rotatable bonds is 10. The lowest BCUT2D eigenvalue weighted by molar-refractivity contribution is -0.0151. The van der Waals surface area contributed by atoms with E-state index in [4.69, 9.17) is 9.15 Å². The van der Waals surface area contributed by atoms with E-state index in [0.717, 1.165) is 26.2 Å². The smallest absolute Gasteiger partial charge is 0.273 e. The van der Waals surface area contributed by atoms with Crippen molar-refractivity contribution in [2.75, 3.05) is 39.3 Å². The second-order valence-electron chi connectivity index (χ2n) is 8.01. The first-order valence-electron chi connectivity index (χ1n) is 10.6. The van der Waals surface area contributed by atoms with Crippen LogP contribution in [0.2, 0.25) is 0 Å². The van der Waals surface area contributed by atoms with Gasteiger partial charge in [0.25, 0.3) is 5.91 Å². The Morgan fingerprint density at radius 2 is 1.97 bits per heavy atom. The zero-order chi connectivity index (χ0) is 22.2. The van der Waals surface area contributed by atoms with Gasteiger partial charge in [-0.15, -0.1) is 0 Å². The molecule has 8 nitrogen and oxygen atoms in total. The normalized spacial score (nSPS) is 16.5. The molecule has 1 aromatic carbocycles. The third-order valence-corrected chi connectivity index (χ3v) is 5.10. The Labute approximate surface area is 182 Å². The van der Waals surface area contributed by atoms with Gasteiger partial charge in [-0.25, -0.2) is 9.37 Å². The number of piperazine rings is 1. The second kappa shape index (κ2) is 11.3. The van der Waals surface area contributed by atoms with E-state index in [1.807, 2.05) is 13.8 Å². The lowest BCUT2D eigenvalue weighted by Gasteiger charge is -2.35. The lowest BCUT2D eigenvalue weighted by Crippen LogP contribution is -2.48. The predicted octanol–water partition coefficient (Wildman–Crippen LogP) is 1.65. The van der Waals surface area contributed by atoms with Gasteiger partial charge in [-0.1, -0.05) is 18.2 Å². The van der Waals surface area contributed by atoms with Gasteiger partial charge in [0.1, 0.15) is 12.1 Å². The molecule has 0 spiro atoms. The molecule has 1 saturated heterocycles. The van der Waals surface area contributed by atoms with E-state index >= 15 is 0 Å². The van der Waals surface area contributed by atoms with Gasteiger partial charge in [0.15, 0.2) is 5.69 Å². The van der Waals surface area contributed by atoms with E-state index in [-0.39, 0.29) is 24.2 Å². The molecule has 9 heteroatoms. The minimum atomic E-state index is -0.494. The van der Waals surface area contributed by atoms with Crippen LogP contribution in [0.1, 0.15) is 35.8 Å². The number of hydrogen-bond acceptors (Lipinski definition) is 7. The predicted molar refractivity (Wildman–Crippen MR) is 113 cm³/mol. The molecule has 1 fully saturated rings. The molecule has 2 N–H and O–H groups in total. The van der Waals surface area contributed by atoms with Crippen LogP contribution in [0.25, 0.3) is 0 Å². The van der Waals surface area contributed by atoms with Crippen LogP contribution in [0.4, 0.5) is 4.39 Å². The fourth-order valence-electron chi connectivity index (χ4n) is 3.37. The molecule has 170 valence electrons.